The molecule has 1 atom stereocenters. The molecule has 0 aliphatic carbocycles. The monoisotopic (exact) mass is 406 g/mol. The van der Waals surface area contributed by atoms with Gasteiger partial charge in [-0.15, -0.1) is 0 Å². The fraction of sp³-hybridized carbons (Fsp3) is 0.174. The van der Waals surface area contributed by atoms with Crippen LogP contribution < -0.4 is 10.0 Å². The van der Waals surface area contributed by atoms with Gasteiger partial charge in [-0.2, -0.15) is 4.72 Å². The molecule has 3 aromatic carbocycles. The van der Waals surface area contributed by atoms with Crippen LogP contribution in [0, 0.1) is 6.92 Å². The Labute approximate surface area is 170 Å². The number of hydrogen-bond donors (Lipinski definition) is 2. The third-order valence-electron chi connectivity index (χ3n) is 5.10. The second-order valence-corrected chi connectivity index (χ2v) is 8.96. The van der Waals surface area contributed by atoms with Crippen molar-refractivity contribution in [1.29, 1.82) is 0 Å². The molecule has 0 spiro atoms. The topological polar surface area (TPSA) is 75.3 Å². The molecule has 29 heavy (non-hydrogen) atoms. The van der Waals surface area contributed by atoms with Crippen LogP contribution in [0.25, 0.3) is 0 Å². The minimum atomic E-state index is -3.78. The molecule has 5 nitrogen and oxygen atoms in total. The van der Waals surface area contributed by atoms with Gasteiger partial charge in [-0.1, -0.05) is 60.2 Å². The van der Waals surface area contributed by atoms with Crippen molar-refractivity contribution in [2.75, 3.05) is 5.32 Å². The Bertz CT molecular complexity index is 1140. The molecule has 0 radical (unpaired) electrons. The van der Waals surface area contributed by atoms with Crippen molar-refractivity contribution in [2.45, 2.75) is 30.7 Å². The molecule has 148 valence electrons. The number of fused-ring (bicyclic) bond motifs is 1. The highest BCUT2D eigenvalue weighted by Crippen LogP contribution is 2.28. The van der Waals surface area contributed by atoms with E-state index in [-0.39, 0.29) is 10.8 Å². The Balaban J connectivity index is 1.70. The normalized spacial score (nSPS) is 14.7. The summed E-state index contributed by atoms with van der Waals surface area (Å²) < 4.78 is 29.3. The lowest BCUT2D eigenvalue weighted by Crippen LogP contribution is -2.30. The fourth-order valence-electron chi connectivity index (χ4n) is 3.48. The van der Waals surface area contributed by atoms with Crippen LogP contribution in [0.15, 0.2) is 77.7 Å². The summed E-state index contributed by atoms with van der Waals surface area (Å²) in [5.74, 6) is -0.0465. The van der Waals surface area contributed by atoms with E-state index >= 15 is 0 Å². The van der Waals surface area contributed by atoms with Crippen LogP contribution in [-0.4, -0.2) is 14.3 Å². The second-order valence-electron chi connectivity index (χ2n) is 7.24. The molecule has 1 aliphatic heterocycles. The molecular weight excluding hydrogens is 384 g/mol. The van der Waals surface area contributed by atoms with Crippen LogP contribution in [0.1, 0.15) is 34.7 Å². The summed E-state index contributed by atoms with van der Waals surface area (Å²) >= 11 is 0. The average Bonchev–Trinajstić information content (AvgIpc) is 2.73. The lowest BCUT2D eigenvalue weighted by molar-refractivity contribution is -0.116. The summed E-state index contributed by atoms with van der Waals surface area (Å²) in [5.41, 5.74) is 4.36. The maximum atomic E-state index is 13.2. The fourth-order valence-corrected chi connectivity index (χ4v) is 4.75. The molecular formula is C23H22N2O3S. The van der Waals surface area contributed by atoms with Gasteiger partial charge in [-0.3, -0.25) is 4.79 Å². The van der Waals surface area contributed by atoms with Crippen molar-refractivity contribution >= 4 is 21.6 Å². The predicted octanol–water partition coefficient (Wildman–Crippen LogP) is 3.95. The molecule has 0 bridgehead atoms. The number of nitrogens with one attached hydrogen (secondary N) is 2. The van der Waals surface area contributed by atoms with Crippen molar-refractivity contribution in [3.05, 3.63) is 95.1 Å². The number of aryl methyl sites for hydroxylation is 2. The molecule has 0 fully saturated rings. The molecule has 4 rings (SSSR count). The molecule has 0 unspecified atom stereocenters. The second kappa shape index (κ2) is 7.81. The summed E-state index contributed by atoms with van der Waals surface area (Å²) in [4.78, 5) is 11.7. The third kappa shape index (κ3) is 4.23. The maximum absolute atomic E-state index is 13.2. The highest BCUT2D eigenvalue weighted by atomic mass is 32.2. The SMILES string of the molecule is Cc1ccc([C@@H](NS(=O)(=O)c2ccc3c(c2)CCC(=O)N3)c2ccccc2)cc1. The number of sulfonamides is 1. The van der Waals surface area contributed by atoms with Gasteiger partial charge >= 0.3 is 0 Å². The molecule has 1 amide bonds. The summed E-state index contributed by atoms with van der Waals surface area (Å²) in [7, 11) is -3.78. The highest BCUT2D eigenvalue weighted by molar-refractivity contribution is 7.89. The van der Waals surface area contributed by atoms with E-state index in [1.54, 1.807) is 12.1 Å². The van der Waals surface area contributed by atoms with Gasteiger partial charge in [0.25, 0.3) is 0 Å². The van der Waals surface area contributed by atoms with E-state index < -0.39 is 16.1 Å². The van der Waals surface area contributed by atoms with E-state index in [1.807, 2.05) is 61.5 Å². The molecule has 0 saturated heterocycles. The standard InChI is InChI=1S/C23H22N2O3S/c1-16-7-9-18(10-8-16)23(17-5-3-2-4-6-17)25-29(27,28)20-12-13-21-19(15-20)11-14-22(26)24-21/h2-10,12-13,15,23,25H,11,14H2,1H3,(H,24,26)/t23-/m0/s1. The van der Waals surface area contributed by atoms with Crippen LogP contribution in [0.2, 0.25) is 0 Å². The number of hydrogen-bond acceptors (Lipinski definition) is 3. The Morgan fingerprint density at radius 3 is 2.31 bits per heavy atom. The summed E-state index contributed by atoms with van der Waals surface area (Å²) in [5, 5.41) is 2.78. The first-order chi connectivity index (χ1) is 13.9. The number of rotatable bonds is 5. The van der Waals surface area contributed by atoms with Crippen LogP contribution in [-0.2, 0) is 21.2 Å². The van der Waals surface area contributed by atoms with Gasteiger partial charge in [0.2, 0.25) is 15.9 Å². The molecule has 0 saturated carbocycles. The van der Waals surface area contributed by atoms with Crippen LogP contribution in [0.5, 0.6) is 0 Å². The van der Waals surface area contributed by atoms with E-state index in [2.05, 4.69) is 10.0 Å². The van der Waals surface area contributed by atoms with Gasteiger partial charge in [-0.05, 0) is 48.2 Å². The smallest absolute Gasteiger partial charge is 0.241 e. The summed E-state index contributed by atoms with van der Waals surface area (Å²) in [6.07, 6.45) is 0.893. The number of carbonyl (C=O) groups excluding carboxylic acids is 1. The number of amides is 1. The zero-order valence-electron chi connectivity index (χ0n) is 16.1. The van der Waals surface area contributed by atoms with E-state index in [1.165, 1.54) is 6.07 Å². The van der Waals surface area contributed by atoms with Gasteiger partial charge in [-0.25, -0.2) is 8.42 Å². The molecule has 1 heterocycles. The van der Waals surface area contributed by atoms with E-state index in [4.69, 9.17) is 0 Å². The minimum absolute atomic E-state index is 0.0465. The number of benzene rings is 3. The zero-order chi connectivity index (χ0) is 20.4. The lowest BCUT2D eigenvalue weighted by atomic mass is 9.99. The van der Waals surface area contributed by atoms with Crippen molar-refractivity contribution in [2.24, 2.45) is 0 Å². The number of carbonyl (C=O) groups is 1. The Hall–Kier alpha value is -2.96. The molecule has 1 aliphatic rings. The van der Waals surface area contributed by atoms with E-state index in [0.29, 0.717) is 18.5 Å². The summed E-state index contributed by atoms with van der Waals surface area (Å²) in [6, 6.07) is 21.7. The van der Waals surface area contributed by atoms with Crippen LogP contribution >= 0.6 is 0 Å². The van der Waals surface area contributed by atoms with Gasteiger partial charge in [0.15, 0.2) is 0 Å². The lowest BCUT2D eigenvalue weighted by Gasteiger charge is -2.21. The highest BCUT2D eigenvalue weighted by Gasteiger charge is 2.25. The average molecular weight is 407 g/mol. The van der Waals surface area contributed by atoms with Crippen LogP contribution in [0.4, 0.5) is 5.69 Å². The Morgan fingerprint density at radius 2 is 1.59 bits per heavy atom. The minimum Gasteiger partial charge on any atom is -0.326 e. The van der Waals surface area contributed by atoms with Gasteiger partial charge in [0.05, 0.1) is 10.9 Å². The number of anilines is 1. The predicted molar refractivity (Wildman–Crippen MR) is 113 cm³/mol. The van der Waals surface area contributed by atoms with Crippen molar-refractivity contribution in [1.82, 2.24) is 4.72 Å². The summed E-state index contributed by atoms with van der Waals surface area (Å²) in [6.45, 7) is 2.00. The molecule has 2 N–H and O–H groups in total. The third-order valence-corrected chi connectivity index (χ3v) is 6.52. The van der Waals surface area contributed by atoms with E-state index in [0.717, 1.165) is 22.3 Å². The molecule has 6 heteroatoms. The first-order valence-electron chi connectivity index (χ1n) is 9.49. The van der Waals surface area contributed by atoms with Crippen molar-refractivity contribution in [3.63, 3.8) is 0 Å². The first kappa shape index (κ1) is 19.4. The Kier molecular flexibility index (Phi) is 5.22. The molecule has 3 aromatic rings. The van der Waals surface area contributed by atoms with Gasteiger partial charge < -0.3 is 5.32 Å². The largest absolute Gasteiger partial charge is 0.326 e. The van der Waals surface area contributed by atoms with Gasteiger partial charge in [0.1, 0.15) is 0 Å². The first-order valence-corrected chi connectivity index (χ1v) is 11.0. The zero-order valence-corrected chi connectivity index (χ0v) is 16.9. The van der Waals surface area contributed by atoms with Crippen molar-refractivity contribution in [3.8, 4) is 0 Å². The van der Waals surface area contributed by atoms with E-state index in [9.17, 15) is 13.2 Å². The van der Waals surface area contributed by atoms with Crippen molar-refractivity contribution < 1.29 is 13.2 Å². The maximum Gasteiger partial charge on any atom is 0.241 e. The van der Waals surface area contributed by atoms with Gasteiger partial charge in [0, 0.05) is 12.1 Å². The molecule has 0 aromatic heterocycles. The quantitative estimate of drug-likeness (QED) is 0.674. The van der Waals surface area contributed by atoms with Crippen LogP contribution in [0.3, 0.4) is 0 Å². The Morgan fingerprint density at radius 1 is 0.897 bits per heavy atom.